The Bertz CT molecular complexity index is 1100. The second kappa shape index (κ2) is 8.83. The number of aromatic nitrogens is 4. The molecule has 0 radical (unpaired) electrons. The van der Waals surface area contributed by atoms with E-state index in [2.05, 4.69) is 15.3 Å². The van der Waals surface area contributed by atoms with Crippen LogP contribution in [0.5, 0.6) is 5.75 Å². The molecule has 1 saturated heterocycles. The van der Waals surface area contributed by atoms with Crippen molar-refractivity contribution in [3.05, 3.63) is 47.2 Å². The normalized spacial score (nSPS) is 16.0. The number of nitrogens with one attached hydrogen (secondary N) is 1. The second-order valence-corrected chi connectivity index (χ2v) is 7.86. The summed E-state index contributed by atoms with van der Waals surface area (Å²) < 4.78 is 5.60. The number of aryl methyl sites for hydroxylation is 3. The number of carbonyl (C=O) groups excluding carboxylic acids is 1. The molecule has 2 aromatic heterocycles. The van der Waals surface area contributed by atoms with Crippen LogP contribution in [-0.2, 0) is 11.3 Å². The molecule has 0 aliphatic carbocycles. The number of carbonyl (C=O) groups is 1. The third-order valence-corrected chi connectivity index (χ3v) is 5.42. The van der Waals surface area contributed by atoms with Gasteiger partial charge in [0.2, 0.25) is 11.9 Å². The lowest BCUT2D eigenvalue weighted by Crippen LogP contribution is -2.44. The smallest absolute Gasteiger partial charge is 0.243 e. The Morgan fingerprint density at radius 3 is 2.65 bits per heavy atom. The molecular weight excluding hydrogens is 392 g/mol. The third-order valence-electron chi connectivity index (χ3n) is 5.42. The van der Waals surface area contributed by atoms with E-state index in [1.54, 1.807) is 0 Å². The average Bonchev–Trinajstić information content (AvgIpc) is 3.22. The van der Waals surface area contributed by atoms with Gasteiger partial charge in [-0.1, -0.05) is 0 Å². The lowest BCUT2D eigenvalue weighted by molar-refractivity contribution is -0.122. The zero-order valence-electron chi connectivity index (χ0n) is 18.5. The van der Waals surface area contributed by atoms with Crippen molar-refractivity contribution in [2.75, 3.05) is 18.1 Å². The number of fused-ring (bicyclic) bond motifs is 1. The van der Waals surface area contributed by atoms with Crippen LogP contribution >= 0.6 is 0 Å². The molecule has 162 valence electrons. The topological polar surface area (TPSA) is 93.1 Å². The Hall–Kier alpha value is -3.29. The maximum Gasteiger partial charge on any atom is 0.243 e. The van der Waals surface area contributed by atoms with E-state index in [1.165, 1.54) is 0 Å². The molecule has 3 aromatic rings. The van der Waals surface area contributed by atoms with Crippen molar-refractivity contribution < 1.29 is 9.53 Å². The fraction of sp³-hybridized carbons (Fsp3) is 0.435. The number of rotatable bonds is 6. The highest BCUT2D eigenvalue weighted by atomic mass is 16.5. The number of anilines is 1. The lowest BCUT2D eigenvalue weighted by atomic mass is 10.2. The van der Waals surface area contributed by atoms with Gasteiger partial charge in [0.05, 0.1) is 24.4 Å². The minimum Gasteiger partial charge on any atom is -0.494 e. The number of nitrogens with zero attached hydrogens (tertiary/aromatic N) is 5. The van der Waals surface area contributed by atoms with Crippen LogP contribution in [0, 0.1) is 20.8 Å². The number of benzene rings is 1. The first-order valence-electron chi connectivity index (χ1n) is 10.7. The van der Waals surface area contributed by atoms with E-state index in [-0.39, 0.29) is 11.9 Å². The zero-order valence-corrected chi connectivity index (χ0v) is 18.5. The van der Waals surface area contributed by atoms with Crippen LogP contribution in [0.4, 0.5) is 5.95 Å². The Kier molecular flexibility index (Phi) is 5.97. The molecule has 1 amide bonds. The molecule has 8 heteroatoms. The SMILES string of the molecule is CCOc1ccc2nc(N3CCC[C@@H]3C(=O)NCc3nc(C)cc(C)n3)nc(C)c2c1. The Morgan fingerprint density at radius 2 is 1.90 bits per heavy atom. The van der Waals surface area contributed by atoms with Crippen LogP contribution in [0.1, 0.15) is 42.7 Å². The van der Waals surface area contributed by atoms with Crippen LogP contribution in [0.3, 0.4) is 0 Å². The van der Waals surface area contributed by atoms with E-state index < -0.39 is 0 Å². The highest BCUT2D eigenvalue weighted by Crippen LogP contribution is 2.27. The van der Waals surface area contributed by atoms with Crippen LogP contribution in [0.15, 0.2) is 24.3 Å². The maximum atomic E-state index is 13.0. The first-order valence-corrected chi connectivity index (χ1v) is 10.7. The van der Waals surface area contributed by atoms with Crippen LogP contribution < -0.4 is 15.0 Å². The molecule has 8 nitrogen and oxygen atoms in total. The quantitative estimate of drug-likeness (QED) is 0.655. The molecule has 0 unspecified atom stereocenters. The van der Waals surface area contributed by atoms with Crippen molar-refractivity contribution >= 4 is 22.8 Å². The molecule has 1 N–H and O–H groups in total. The van der Waals surface area contributed by atoms with Gasteiger partial charge in [0.25, 0.3) is 0 Å². The number of hydrogen-bond acceptors (Lipinski definition) is 7. The zero-order chi connectivity index (χ0) is 22.0. The van der Waals surface area contributed by atoms with Gasteiger partial charge in [0, 0.05) is 23.3 Å². The summed E-state index contributed by atoms with van der Waals surface area (Å²) in [5.74, 6) is 1.97. The summed E-state index contributed by atoms with van der Waals surface area (Å²) >= 11 is 0. The van der Waals surface area contributed by atoms with Gasteiger partial charge in [-0.2, -0.15) is 0 Å². The molecule has 1 atom stereocenters. The van der Waals surface area contributed by atoms with Crippen molar-refractivity contribution in [3.8, 4) is 5.75 Å². The molecule has 3 heterocycles. The second-order valence-electron chi connectivity index (χ2n) is 7.86. The van der Waals surface area contributed by atoms with Crippen LogP contribution in [0.2, 0.25) is 0 Å². The van der Waals surface area contributed by atoms with E-state index in [0.717, 1.165) is 53.1 Å². The molecule has 1 aliphatic rings. The summed E-state index contributed by atoms with van der Waals surface area (Å²) in [5.41, 5.74) is 3.51. The van der Waals surface area contributed by atoms with Gasteiger partial charge >= 0.3 is 0 Å². The van der Waals surface area contributed by atoms with Gasteiger partial charge in [-0.05, 0) is 64.8 Å². The predicted molar refractivity (Wildman–Crippen MR) is 119 cm³/mol. The minimum absolute atomic E-state index is 0.0479. The molecule has 1 fully saturated rings. The summed E-state index contributed by atoms with van der Waals surface area (Å²) in [5, 5.41) is 3.95. The molecule has 4 rings (SSSR count). The van der Waals surface area contributed by atoms with Gasteiger partial charge in [0.15, 0.2) is 0 Å². The van der Waals surface area contributed by atoms with Crippen molar-refractivity contribution in [1.82, 2.24) is 25.3 Å². The largest absolute Gasteiger partial charge is 0.494 e. The van der Waals surface area contributed by atoms with Crippen molar-refractivity contribution in [3.63, 3.8) is 0 Å². The van der Waals surface area contributed by atoms with E-state index in [9.17, 15) is 4.79 Å². The standard InChI is InChI=1S/C23H28N6O2/c1-5-31-17-8-9-19-18(12-17)16(4)27-23(28-19)29-10-6-7-20(29)22(30)24-13-21-25-14(2)11-15(3)26-21/h8-9,11-12,20H,5-7,10,13H2,1-4H3,(H,24,30)/t20-/m1/s1. The minimum atomic E-state index is -0.301. The first kappa shape index (κ1) is 21.0. The van der Waals surface area contributed by atoms with Crippen molar-refractivity contribution in [2.45, 2.75) is 53.1 Å². The number of amides is 1. The Morgan fingerprint density at radius 1 is 1.13 bits per heavy atom. The van der Waals surface area contributed by atoms with E-state index in [1.807, 2.05) is 56.9 Å². The molecular formula is C23H28N6O2. The summed E-state index contributed by atoms with van der Waals surface area (Å²) in [6, 6.07) is 7.45. The highest BCUT2D eigenvalue weighted by Gasteiger charge is 2.32. The fourth-order valence-electron chi connectivity index (χ4n) is 4.07. The number of ether oxygens (including phenoxy) is 1. The van der Waals surface area contributed by atoms with Crippen LogP contribution in [0.25, 0.3) is 10.9 Å². The molecule has 31 heavy (non-hydrogen) atoms. The summed E-state index contributed by atoms with van der Waals surface area (Å²) in [4.78, 5) is 33.2. The average molecular weight is 421 g/mol. The van der Waals surface area contributed by atoms with Crippen molar-refractivity contribution in [2.24, 2.45) is 0 Å². The van der Waals surface area contributed by atoms with Gasteiger partial charge in [-0.25, -0.2) is 19.9 Å². The molecule has 1 aromatic carbocycles. The van der Waals surface area contributed by atoms with E-state index in [0.29, 0.717) is 24.9 Å². The highest BCUT2D eigenvalue weighted by molar-refractivity contribution is 5.87. The van der Waals surface area contributed by atoms with E-state index >= 15 is 0 Å². The number of hydrogen-bond donors (Lipinski definition) is 1. The van der Waals surface area contributed by atoms with Gasteiger partial charge < -0.3 is 15.0 Å². The predicted octanol–water partition coefficient (Wildman–Crippen LogP) is 3.03. The summed E-state index contributed by atoms with van der Waals surface area (Å²) in [6.07, 6.45) is 1.69. The van der Waals surface area contributed by atoms with E-state index in [4.69, 9.17) is 14.7 Å². The Balaban J connectivity index is 1.52. The van der Waals surface area contributed by atoms with Gasteiger partial charge in [-0.3, -0.25) is 4.79 Å². The summed E-state index contributed by atoms with van der Waals surface area (Å²) in [7, 11) is 0. The first-order chi connectivity index (χ1) is 14.9. The molecule has 0 spiro atoms. The third kappa shape index (κ3) is 4.57. The van der Waals surface area contributed by atoms with Crippen molar-refractivity contribution in [1.29, 1.82) is 0 Å². The molecule has 0 saturated carbocycles. The molecule has 1 aliphatic heterocycles. The van der Waals surface area contributed by atoms with Gasteiger partial charge in [-0.15, -0.1) is 0 Å². The monoisotopic (exact) mass is 420 g/mol. The lowest BCUT2D eigenvalue weighted by Gasteiger charge is -2.24. The van der Waals surface area contributed by atoms with Crippen LogP contribution in [-0.4, -0.2) is 45.0 Å². The van der Waals surface area contributed by atoms with Gasteiger partial charge in [0.1, 0.15) is 17.6 Å². The maximum absolute atomic E-state index is 13.0. The fourth-order valence-corrected chi connectivity index (χ4v) is 4.07. The Labute approximate surface area is 182 Å². The summed E-state index contributed by atoms with van der Waals surface area (Å²) in [6.45, 7) is 9.45. The molecule has 0 bridgehead atoms.